The molecule has 0 spiro atoms. The smallest absolute Gasteiger partial charge is 0.407 e. The average molecular weight is 292 g/mol. The highest BCUT2D eigenvalue weighted by molar-refractivity contribution is 5.67. The fourth-order valence-corrected chi connectivity index (χ4v) is 1.50. The molecule has 118 valence electrons. The first kappa shape index (κ1) is 19.2. The second-order valence-electron chi connectivity index (χ2n) is 4.91. The number of nitrogens with two attached hydrogens (primary N) is 1. The summed E-state index contributed by atoms with van der Waals surface area (Å²) >= 11 is 0. The Labute approximate surface area is 128 Å². The standard InChI is InChI=1S/C14H22N2O2.C3H6/c1-3-11(2)16-14(17)18-10-13(15)9-12-7-5-4-6-8-12;1-3-2/h4-8,11,13H,3,9-10,15H2,1-2H3,(H,16,17);3H,1H2,2H3/t11?,13-;/m1./s1. The molecule has 3 N–H and O–H groups in total. The summed E-state index contributed by atoms with van der Waals surface area (Å²) in [6.07, 6.45) is 2.94. The number of hydrogen-bond acceptors (Lipinski definition) is 3. The molecule has 0 saturated carbocycles. The highest BCUT2D eigenvalue weighted by Gasteiger charge is 2.09. The van der Waals surface area contributed by atoms with Gasteiger partial charge in [0.1, 0.15) is 6.61 Å². The summed E-state index contributed by atoms with van der Waals surface area (Å²) in [6.45, 7) is 9.43. The van der Waals surface area contributed by atoms with Crippen molar-refractivity contribution in [1.29, 1.82) is 0 Å². The maximum absolute atomic E-state index is 11.4. The molecule has 0 radical (unpaired) electrons. The van der Waals surface area contributed by atoms with E-state index in [1.165, 1.54) is 0 Å². The second kappa shape index (κ2) is 12.0. The summed E-state index contributed by atoms with van der Waals surface area (Å²) in [5.74, 6) is 0. The summed E-state index contributed by atoms with van der Waals surface area (Å²) in [5, 5.41) is 2.73. The fraction of sp³-hybridized carbons (Fsp3) is 0.471. The number of rotatable bonds is 6. The zero-order valence-corrected chi connectivity index (χ0v) is 13.3. The van der Waals surface area contributed by atoms with E-state index in [2.05, 4.69) is 11.9 Å². The lowest BCUT2D eigenvalue weighted by Crippen LogP contribution is -2.36. The Balaban J connectivity index is 0.00000122. The molecule has 1 amide bonds. The van der Waals surface area contributed by atoms with E-state index >= 15 is 0 Å². The van der Waals surface area contributed by atoms with Crippen LogP contribution in [0.5, 0.6) is 0 Å². The normalized spacial score (nSPS) is 12.4. The predicted molar refractivity (Wildman–Crippen MR) is 88.2 cm³/mol. The number of nitrogens with one attached hydrogen (secondary N) is 1. The summed E-state index contributed by atoms with van der Waals surface area (Å²) in [6, 6.07) is 9.89. The van der Waals surface area contributed by atoms with Crippen LogP contribution < -0.4 is 11.1 Å². The Bertz CT molecular complexity index is 393. The van der Waals surface area contributed by atoms with Crippen LogP contribution in [-0.2, 0) is 11.2 Å². The molecule has 1 aromatic rings. The van der Waals surface area contributed by atoms with Crippen LogP contribution in [0.2, 0.25) is 0 Å². The minimum Gasteiger partial charge on any atom is -0.448 e. The van der Waals surface area contributed by atoms with E-state index in [9.17, 15) is 4.79 Å². The van der Waals surface area contributed by atoms with Gasteiger partial charge in [0, 0.05) is 12.1 Å². The van der Waals surface area contributed by atoms with Gasteiger partial charge >= 0.3 is 6.09 Å². The van der Waals surface area contributed by atoms with Gasteiger partial charge in [0.25, 0.3) is 0 Å². The summed E-state index contributed by atoms with van der Waals surface area (Å²) < 4.78 is 5.07. The zero-order valence-electron chi connectivity index (χ0n) is 13.3. The fourth-order valence-electron chi connectivity index (χ4n) is 1.50. The van der Waals surface area contributed by atoms with Crippen LogP contribution in [0, 0.1) is 0 Å². The molecule has 1 rings (SSSR count). The minimum absolute atomic E-state index is 0.128. The molecule has 0 aliphatic heterocycles. The molecule has 0 fully saturated rings. The van der Waals surface area contributed by atoms with Crippen LogP contribution in [0.3, 0.4) is 0 Å². The molecule has 0 saturated heterocycles. The molecule has 1 aromatic carbocycles. The van der Waals surface area contributed by atoms with E-state index < -0.39 is 6.09 Å². The van der Waals surface area contributed by atoms with Gasteiger partial charge in [0.05, 0.1) is 0 Å². The van der Waals surface area contributed by atoms with Gasteiger partial charge in [-0.1, -0.05) is 43.3 Å². The molecule has 0 bridgehead atoms. The van der Waals surface area contributed by atoms with E-state index in [1.54, 1.807) is 6.08 Å². The lowest BCUT2D eigenvalue weighted by Gasteiger charge is -2.15. The summed E-state index contributed by atoms with van der Waals surface area (Å²) in [4.78, 5) is 11.4. The molecule has 0 aromatic heterocycles. The molecule has 21 heavy (non-hydrogen) atoms. The lowest BCUT2D eigenvalue weighted by molar-refractivity contribution is 0.135. The van der Waals surface area contributed by atoms with Crippen LogP contribution in [0.1, 0.15) is 32.8 Å². The van der Waals surface area contributed by atoms with Gasteiger partial charge in [-0.2, -0.15) is 0 Å². The van der Waals surface area contributed by atoms with Gasteiger partial charge in [-0.15, -0.1) is 6.58 Å². The van der Waals surface area contributed by atoms with Crippen molar-refractivity contribution in [2.45, 2.75) is 45.7 Å². The van der Waals surface area contributed by atoms with Gasteiger partial charge < -0.3 is 15.8 Å². The Morgan fingerprint density at radius 1 is 1.43 bits per heavy atom. The Hall–Kier alpha value is -1.81. The zero-order chi connectivity index (χ0) is 16.1. The predicted octanol–water partition coefficient (Wildman–Crippen LogP) is 3.27. The van der Waals surface area contributed by atoms with Crippen LogP contribution in [0.4, 0.5) is 4.79 Å². The number of carbonyl (C=O) groups is 1. The number of allylic oxidation sites excluding steroid dienone is 1. The van der Waals surface area contributed by atoms with Gasteiger partial charge in [0.15, 0.2) is 0 Å². The first-order valence-corrected chi connectivity index (χ1v) is 7.33. The molecular weight excluding hydrogens is 264 g/mol. The van der Waals surface area contributed by atoms with Crippen LogP contribution >= 0.6 is 0 Å². The van der Waals surface area contributed by atoms with E-state index in [4.69, 9.17) is 10.5 Å². The van der Waals surface area contributed by atoms with E-state index in [0.717, 1.165) is 12.0 Å². The maximum Gasteiger partial charge on any atom is 0.407 e. The minimum atomic E-state index is -0.395. The van der Waals surface area contributed by atoms with Crippen molar-refractivity contribution < 1.29 is 9.53 Å². The maximum atomic E-state index is 11.4. The molecule has 0 heterocycles. The highest BCUT2D eigenvalue weighted by Crippen LogP contribution is 2.02. The summed E-state index contributed by atoms with van der Waals surface area (Å²) in [5.41, 5.74) is 7.06. The third kappa shape index (κ3) is 10.6. The van der Waals surface area contributed by atoms with Crippen molar-refractivity contribution in [3.05, 3.63) is 48.6 Å². The van der Waals surface area contributed by atoms with E-state index in [0.29, 0.717) is 6.42 Å². The quantitative estimate of drug-likeness (QED) is 0.791. The molecule has 0 aliphatic carbocycles. The largest absolute Gasteiger partial charge is 0.448 e. The van der Waals surface area contributed by atoms with Crippen LogP contribution in [-0.4, -0.2) is 24.8 Å². The van der Waals surface area contributed by atoms with Crippen molar-refractivity contribution >= 4 is 6.09 Å². The third-order valence-corrected chi connectivity index (χ3v) is 2.75. The van der Waals surface area contributed by atoms with Crippen LogP contribution in [0.25, 0.3) is 0 Å². The first-order chi connectivity index (χ1) is 10.0. The number of carbonyl (C=O) groups excluding carboxylic acids is 1. The topological polar surface area (TPSA) is 64.3 Å². The second-order valence-corrected chi connectivity index (χ2v) is 4.91. The van der Waals surface area contributed by atoms with Crippen molar-refractivity contribution in [3.63, 3.8) is 0 Å². The molecular formula is C17H28N2O2. The molecule has 2 atom stereocenters. The van der Waals surface area contributed by atoms with Gasteiger partial charge in [-0.3, -0.25) is 0 Å². The van der Waals surface area contributed by atoms with E-state index in [1.807, 2.05) is 51.1 Å². The molecule has 0 aliphatic rings. The third-order valence-electron chi connectivity index (χ3n) is 2.75. The van der Waals surface area contributed by atoms with Gasteiger partial charge in [0.2, 0.25) is 0 Å². The number of hydrogen-bond donors (Lipinski definition) is 2. The van der Waals surface area contributed by atoms with Gasteiger partial charge in [-0.05, 0) is 32.3 Å². The number of alkyl carbamates (subject to hydrolysis) is 1. The Kier molecular flexibility index (Phi) is 10.9. The van der Waals surface area contributed by atoms with Crippen molar-refractivity contribution in [2.24, 2.45) is 5.73 Å². The van der Waals surface area contributed by atoms with Crippen LogP contribution in [0.15, 0.2) is 43.0 Å². The number of benzene rings is 1. The van der Waals surface area contributed by atoms with Crippen molar-refractivity contribution in [2.75, 3.05) is 6.61 Å². The molecule has 4 nitrogen and oxygen atoms in total. The highest BCUT2D eigenvalue weighted by atomic mass is 16.5. The summed E-state index contributed by atoms with van der Waals surface area (Å²) in [7, 11) is 0. The Morgan fingerprint density at radius 3 is 2.52 bits per heavy atom. The average Bonchev–Trinajstić information content (AvgIpc) is 2.47. The Morgan fingerprint density at radius 2 is 2.00 bits per heavy atom. The SMILES string of the molecule is C=CC.CCC(C)NC(=O)OC[C@H](N)Cc1ccccc1. The molecule has 4 heteroatoms. The first-order valence-electron chi connectivity index (χ1n) is 7.33. The monoisotopic (exact) mass is 292 g/mol. The number of amides is 1. The number of ether oxygens (including phenoxy) is 1. The van der Waals surface area contributed by atoms with Crippen molar-refractivity contribution in [1.82, 2.24) is 5.32 Å². The van der Waals surface area contributed by atoms with Gasteiger partial charge in [-0.25, -0.2) is 4.79 Å². The van der Waals surface area contributed by atoms with Crippen molar-refractivity contribution in [3.8, 4) is 0 Å². The van der Waals surface area contributed by atoms with E-state index in [-0.39, 0.29) is 18.7 Å². The lowest BCUT2D eigenvalue weighted by atomic mass is 10.1. The molecule has 1 unspecified atom stereocenters.